The number of benzene rings is 1. The van der Waals surface area contributed by atoms with E-state index in [4.69, 9.17) is 4.74 Å². The molecular weight excluding hydrogens is 306 g/mol. The second-order valence-electron chi connectivity index (χ2n) is 5.82. The molecule has 7 heteroatoms. The summed E-state index contributed by atoms with van der Waals surface area (Å²) in [6, 6.07) is 6.21. The Hall–Kier alpha value is -1.73. The number of amides is 1. The topological polar surface area (TPSA) is 50.8 Å². The number of carbonyl (C=O) groups excluding carboxylic acids is 1. The van der Waals surface area contributed by atoms with E-state index >= 15 is 0 Å². The van der Waals surface area contributed by atoms with Gasteiger partial charge in [0, 0.05) is 19.2 Å². The first-order valence-electron chi connectivity index (χ1n) is 7.79. The fourth-order valence-electron chi connectivity index (χ4n) is 3.16. The van der Waals surface area contributed by atoms with Crippen LogP contribution in [0.5, 0.6) is 5.75 Å². The highest BCUT2D eigenvalue weighted by atomic mass is 19.3. The average molecular weight is 326 g/mol. The Morgan fingerprint density at radius 2 is 2.13 bits per heavy atom. The maximum Gasteiger partial charge on any atom is 0.387 e. The van der Waals surface area contributed by atoms with Crippen LogP contribution >= 0.6 is 0 Å². The molecule has 0 bridgehead atoms. The van der Waals surface area contributed by atoms with E-state index in [1.165, 1.54) is 11.0 Å². The summed E-state index contributed by atoms with van der Waals surface area (Å²) in [5.41, 5.74) is 0.387. The maximum absolute atomic E-state index is 12.6. The van der Waals surface area contributed by atoms with Gasteiger partial charge in [-0.25, -0.2) is 0 Å². The molecule has 2 fully saturated rings. The van der Waals surface area contributed by atoms with Crippen LogP contribution < -0.4 is 15.0 Å². The van der Waals surface area contributed by atoms with Crippen molar-refractivity contribution in [2.45, 2.75) is 44.6 Å². The van der Waals surface area contributed by atoms with Crippen molar-refractivity contribution < 1.29 is 23.0 Å². The van der Waals surface area contributed by atoms with Crippen LogP contribution in [0.2, 0.25) is 0 Å². The van der Waals surface area contributed by atoms with Crippen LogP contribution in [-0.2, 0) is 9.53 Å². The minimum absolute atomic E-state index is 0.0223. The Bertz CT molecular complexity index is 570. The van der Waals surface area contributed by atoms with Gasteiger partial charge in [-0.3, -0.25) is 4.79 Å². The number of carbonyl (C=O) groups is 1. The molecular formula is C16H20F2N2O3. The number of hydrogen-bond donors (Lipinski definition) is 1. The molecule has 23 heavy (non-hydrogen) atoms. The zero-order chi connectivity index (χ0) is 16.4. The first-order valence-corrected chi connectivity index (χ1v) is 7.79. The molecule has 3 atom stereocenters. The number of anilines is 1. The van der Waals surface area contributed by atoms with Gasteiger partial charge in [0.1, 0.15) is 5.75 Å². The van der Waals surface area contributed by atoms with Crippen molar-refractivity contribution in [3.8, 4) is 5.75 Å². The first kappa shape index (κ1) is 16.1. The quantitative estimate of drug-likeness (QED) is 0.901. The third-order valence-corrected chi connectivity index (χ3v) is 4.37. The van der Waals surface area contributed by atoms with Crippen molar-refractivity contribution in [3.05, 3.63) is 24.3 Å². The summed E-state index contributed by atoms with van der Waals surface area (Å²) in [5, 5.41) is 3.33. The second kappa shape index (κ2) is 6.80. The molecule has 2 saturated heterocycles. The summed E-state index contributed by atoms with van der Waals surface area (Å²) in [4.78, 5) is 14.1. The highest BCUT2D eigenvalue weighted by Gasteiger charge is 2.37. The Morgan fingerprint density at radius 1 is 1.35 bits per heavy atom. The van der Waals surface area contributed by atoms with Gasteiger partial charge in [0.05, 0.1) is 17.8 Å². The summed E-state index contributed by atoms with van der Waals surface area (Å²) in [7, 11) is 0. The summed E-state index contributed by atoms with van der Waals surface area (Å²) in [5.74, 6) is -0.0940. The molecule has 2 aliphatic heterocycles. The third-order valence-electron chi connectivity index (χ3n) is 4.37. The first-order chi connectivity index (χ1) is 11.1. The van der Waals surface area contributed by atoms with E-state index in [0.717, 1.165) is 6.42 Å². The summed E-state index contributed by atoms with van der Waals surface area (Å²) in [6.45, 7) is 0.226. The van der Waals surface area contributed by atoms with E-state index < -0.39 is 6.61 Å². The molecule has 0 saturated carbocycles. The lowest BCUT2D eigenvalue weighted by atomic mass is 10.1. The Kier molecular flexibility index (Phi) is 4.77. The lowest BCUT2D eigenvalue weighted by Crippen LogP contribution is -2.46. The van der Waals surface area contributed by atoms with Gasteiger partial charge < -0.3 is 19.7 Å². The molecule has 2 aliphatic rings. The van der Waals surface area contributed by atoms with Gasteiger partial charge in [-0.1, -0.05) is 12.1 Å². The van der Waals surface area contributed by atoms with Crippen LogP contribution in [0.3, 0.4) is 0 Å². The molecule has 0 aliphatic carbocycles. The van der Waals surface area contributed by atoms with Crippen LogP contribution in [0.1, 0.15) is 19.8 Å². The van der Waals surface area contributed by atoms with Crippen molar-refractivity contribution in [1.82, 2.24) is 5.32 Å². The highest BCUT2D eigenvalue weighted by Crippen LogP contribution is 2.32. The van der Waals surface area contributed by atoms with Crippen LogP contribution in [0.15, 0.2) is 24.3 Å². The molecule has 3 rings (SSSR count). The number of ether oxygens (including phenoxy) is 2. The van der Waals surface area contributed by atoms with Gasteiger partial charge in [0.15, 0.2) is 0 Å². The van der Waals surface area contributed by atoms with Crippen molar-refractivity contribution >= 4 is 11.6 Å². The molecule has 0 aromatic heterocycles. The van der Waals surface area contributed by atoms with Crippen molar-refractivity contribution in [2.24, 2.45) is 0 Å². The molecule has 2 heterocycles. The van der Waals surface area contributed by atoms with Crippen molar-refractivity contribution in [1.29, 1.82) is 0 Å². The van der Waals surface area contributed by atoms with Crippen molar-refractivity contribution in [3.63, 3.8) is 0 Å². The number of para-hydroxylation sites is 2. The summed E-state index contributed by atoms with van der Waals surface area (Å²) < 4.78 is 35.1. The van der Waals surface area contributed by atoms with Gasteiger partial charge >= 0.3 is 6.61 Å². The van der Waals surface area contributed by atoms with Gasteiger partial charge in [-0.2, -0.15) is 8.78 Å². The maximum atomic E-state index is 12.6. The van der Waals surface area contributed by atoms with E-state index in [1.54, 1.807) is 18.2 Å². The fraction of sp³-hybridized carbons (Fsp3) is 0.562. The molecule has 126 valence electrons. The van der Waals surface area contributed by atoms with E-state index in [9.17, 15) is 13.6 Å². The lowest BCUT2D eigenvalue weighted by Gasteiger charge is -2.22. The monoisotopic (exact) mass is 326 g/mol. The number of alkyl halides is 2. The Labute approximate surface area is 133 Å². The van der Waals surface area contributed by atoms with Gasteiger partial charge in [0.25, 0.3) is 0 Å². The van der Waals surface area contributed by atoms with E-state index in [0.29, 0.717) is 25.3 Å². The molecule has 5 nitrogen and oxygen atoms in total. The van der Waals surface area contributed by atoms with E-state index in [2.05, 4.69) is 10.1 Å². The van der Waals surface area contributed by atoms with Crippen LogP contribution in [0, 0.1) is 0 Å². The molecule has 3 unspecified atom stereocenters. The minimum atomic E-state index is -2.92. The van der Waals surface area contributed by atoms with Crippen LogP contribution in [-0.4, -0.2) is 43.9 Å². The molecule has 1 aromatic carbocycles. The van der Waals surface area contributed by atoms with Crippen molar-refractivity contribution in [2.75, 3.05) is 18.1 Å². The zero-order valence-corrected chi connectivity index (χ0v) is 12.9. The number of halogens is 2. The van der Waals surface area contributed by atoms with Gasteiger partial charge in [-0.15, -0.1) is 0 Å². The SMILES string of the molecule is CC1OCCC1NC1CCN(c2ccccc2OC(F)F)C1=O. The Morgan fingerprint density at radius 3 is 2.83 bits per heavy atom. The van der Waals surface area contributed by atoms with Crippen LogP contribution in [0.4, 0.5) is 14.5 Å². The number of nitrogens with one attached hydrogen (secondary N) is 1. The number of rotatable bonds is 5. The van der Waals surface area contributed by atoms with E-state index in [1.807, 2.05) is 6.92 Å². The highest BCUT2D eigenvalue weighted by molar-refractivity contribution is 6.00. The normalized spacial score (nSPS) is 27.9. The minimum Gasteiger partial charge on any atom is -0.433 e. The number of hydrogen-bond acceptors (Lipinski definition) is 4. The standard InChI is InChI=1S/C16H20F2N2O3/c1-10-11(7-9-22-10)19-12-6-8-20(15(12)21)13-4-2-3-5-14(13)23-16(17)18/h2-5,10-12,16,19H,6-9H2,1H3. The molecule has 1 aromatic rings. The third kappa shape index (κ3) is 3.45. The predicted molar refractivity (Wildman–Crippen MR) is 80.8 cm³/mol. The molecule has 0 spiro atoms. The van der Waals surface area contributed by atoms with Crippen LogP contribution in [0.25, 0.3) is 0 Å². The smallest absolute Gasteiger partial charge is 0.387 e. The van der Waals surface area contributed by atoms with Gasteiger partial charge in [-0.05, 0) is 31.9 Å². The lowest BCUT2D eigenvalue weighted by molar-refractivity contribution is -0.119. The fourth-order valence-corrected chi connectivity index (χ4v) is 3.16. The molecule has 1 N–H and O–H groups in total. The summed E-state index contributed by atoms with van der Waals surface area (Å²) in [6.07, 6.45) is 1.58. The zero-order valence-electron chi connectivity index (χ0n) is 12.9. The summed E-state index contributed by atoms with van der Waals surface area (Å²) >= 11 is 0. The largest absolute Gasteiger partial charge is 0.433 e. The second-order valence-corrected chi connectivity index (χ2v) is 5.82. The predicted octanol–water partition coefficient (Wildman–Crippen LogP) is 2.16. The van der Waals surface area contributed by atoms with Gasteiger partial charge in [0.2, 0.25) is 5.91 Å². The van der Waals surface area contributed by atoms with E-state index in [-0.39, 0.29) is 29.8 Å². The molecule has 1 amide bonds. The average Bonchev–Trinajstić information content (AvgIpc) is 3.07. The Balaban J connectivity index is 1.71. The number of nitrogens with zero attached hydrogens (tertiary/aromatic N) is 1. The molecule has 0 radical (unpaired) electrons.